The van der Waals surface area contributed by atoms with Gasteiger partial charge in [0.15, 0.2) is 6.10 Å². The molecule has 3 atom stereocenters. The summed E-state index contributed by atoms with van der Waals surface area (Å²) in [6, 6.07) is 22.7. The summed E-state index contributed by atoms with van der Waals surface area (Å²) in [5.74, 6) is -1.88. The molecule has 176 valence electrons. The maximum atomic E-state index is 13.0. The van der Waals surface area contributed by atoms with Crippen LogP contribution < -0.4 is 10.6 Å². The molecule has 0 spiro atoms. The number of aliphatic hydroxyl groups is 1. The second kappa shape index (κ2) is 12.3. The molecule has 3 N–H and O–H groups in total. The number of halogens is 1. The highest BCUT2D eigenvalue weighted by atomic mass is 127. The average molecular weight is 572 g/mol. The number of amides is 2. The van der Waals surface area contributed by atoms with Crippen molar-refractivity contribution in [1.29, 1.82) is 0 Å². The summed E-state index contributed by atoms with van der Waals surface area (Å²) in [6.45, 7) is 0. The fourth-order valence-electron chi connectivity index (χ4n) is 3.46. The first kappa shape index (κ1) is 25.4. The van der Waals surface area contributed by atoms with E-state index in [1.165, 1.54) is 7.11 Å². The number of esters is 1. The molecular formula is C26H25IN2O5. The quantitative estimate of drug-likeness (QED) is 0.270. The van der Waals surface area contributed by atoms with Crippen molar-refractivity contribution in [2.24, 2.45) is 0 Å². The number of hydrogen-bond donors (Lipinski definition) is 3. The lowest BCUT2D eigenvalue weighted by Gasteiger charge is -2.26. The van der Waals surface area contributed by atoms with Crippen molar-refractivity contribution >= 4 is 40.4 Å². The normalized spacial score (nSPS) is 13.3. The first-order valence-corrected chi connectivity index (χ1v) is 11.7. The molecular weight excluding hydrogens is 547 g/mol. The molecule has 8 heteroatoms. The van der Waals surface area contributed by atoms with Gasteiger partial charge in [-0.2, -0.15) is 0 Å². The maximum absolute atomic E-state index is 13.0. The third kappa shape index (κ3) is 6.88. The van der Waals surface area contributed by atoms with Crippen LogP contribution in [0.2, 0.25) is 0 Å². The lowest BCUT2D eigenvalue weighted by Crippen LogP contribution is -2.51. The third-order valence-corrected chi connectivity index (χ3v) is 5.87. The molecule has 0 heterocycles. The highest BCUT2D eigenvalue weighted by Crippen LogP contribution is 2.19. The van der Waals surface area contributed by atoms with Crippen LogP contribution in [0.1, 0.15) is 27.5 Å². The Labute approximate surface area is 211 Å². The minimum Gasteiger partial charge on any atom is -0.467 e. The molecule has 2 amide bonds. The third-order valence-electron chi connectivity index (χ3n) is 5.20. The SMILES string of the molecule is COC(=O)[C@@H](Cc1cccc(I)c1)NC(=O)[C@H](O)[C@@H](NC(=O)c1ccccc1)c1ccccc1. The summed E-state index contributed by atoms with van der Waals surface area (Å²) in [4.78, 5) is 38.2. The van der Waals surface area contributed by atoms with Gasteiger partial charge in [-0.05, 0) is 58.0 Å². The van der Waals surface area contributed by atoms with Crippen molar-refractivity contribution in [3.05, 3.63) is 105 Å². The van der Waals surface area contributed by atoms with Crippen molar-refractivity contribution in [2.45, 2.75) is 24.6 Å². The van der Waals surface area contributed by atoms with E-state index < -0.39 is 36.0 Å². The summed E-state index contributed by atoms with van der Waals surface area (Å²) in [5, 5.41) is 16.3. The van der Waals surface area contributed by atoms with Gasteiger partial charge < -0.3 is 20.5 Å². The highest BCUT2D eigenvalue weighted by Gasteiger charge is 2.32. The van der Waals surface area contributed by atoms with E-state index in [1.54, 1.807) is 60.7 Å². The molecule has 3 aromatic carbocycles. The number of methoxy groups -OCH3 is 1. The van der Waals surface area contributed by atoms with Crippen LogP contribution in [0.4, 0.5) is 0 Å². The maximum Gasteiger partial charge on any atom is 0.328 e. The van der Waals surface area contributed by atoms with E-state index in [4.69, 9.17) is 4.74 Å². The lowest BCUT2D eigenvalue weighted by molar-refractivity contribution is -0.146. The van der Waals surface area contributed by atoms with Crippen molar-refractivity contribution in [2.75, 3.05) is 7.11 Å². The summed E-state index contributed by atoms with van der Waals surface area (Å²) in [6.07, 6.45) is -1.47. The molecule has 0 aliphatic rings. The van der Waals surface area contributed by atoms with Crippen LogP contribution in [0.25, 0.3) is 0 Å². The molecule has 34 heavy (non-hydrogen) atoms. The van der Waals surface area contributed by atoms with Crippen molar-refractivity contribution in [3.8, 4) is 0 Å². The molecule has 0 saturated heterocycles. The summed E-state index contributed by atoms with van der Waals surface area (Å²) in [7, 11) is 1.24. The number of carbonyl (C=O) groups excluding carboxylic acids is 3. The molecule has 0 saturated carbocycles. The van der Waals surface area contributed by atoms with E-state index in [1.807, 2.05) is 24.3 Å². The van der Waals surface area contributed by atoms with Gasteiger partial charge in [0.25, 0.3) is 11.8 Å². The van der Waals surface area contributed by atoms with Gasteiger partial charge in [0.05, 0.1) is 13.2 Å². The molecule has 0 aromatic heterocycles. The second-order valence-electron chi connectivity index (χ2n) is 7.59. The number of hydrogen-bond acceptors (Lipinski definition) is 5. The molecule has 3 rings (SSSR count). The van der Waals surface area contributed by atoms with Gasteiger partial charge in [-0.15, -0.1) is 0 Å². The van der Waals surface area contributed by atoms with Crippen LogP contribution in [0.5, 0.6) is 0 Å². The van der Waals surface area contributed by atoms with Crippen LogP contribution >= 0.6 is 22.6 Å². The average Bonchev–Trinajstić information content (AvgIpc) is 2.86. The van der Waals surface area contributed by atoms with Crippen LogP contribution in [0.15, 0.2) is 84.9 Å². The van der Waals surface area contributed by atoms with Crippen LogP contribution in [0, 0.1) is 3.57 Å². The Bertz CT molecular complexity index is 1120. The fourth-order valence-corrected chi connectivity index (χ4v) is 4.07. The minimum atomic E-state index is -1.65. The van der Waals surface area contributed by atoms with Crippen molar-refractivity contribution < 1.29 is 24.2 Å². The van der Waals surface area contributed by atoms with Gasteiger partial charge in [0.1, 0.15) is 6.04 Å². The Morgan fingerprint density at radius 1 is 0.912 bits per heavy atom. The van der Waals surface area contributed by atoms with E-state index in [-0.39, 0.29) is 6.42 Å². The molecule has 3 aromatic rings. The Hall–Kier alpha value is -3.24. The summed E-state index contributed by atoms with van der Waals surface area (Å²) in [5.41, 5.74) is 1.76. The van der Waals surface area contributed by atoms with Gasteiger partial charge in [0.2, 0.25) is 0 Å². The number of nitrogens with one attached hydrogen (secondary N) is 2. The number of carbonyl (C=O) groups is 3. The van der Waals surface area contributed by atoms with E-state index in [2.05, 4.69) is 33.2 Å². The molecule has 0 unspecified atom stereocenters. The van der Waals surface area contributed by atoms with Gasteiger partial charge in [0, 0.05) is 15.6 Å². The van der Waals surface area contributed by atoms with E-state index in [0.29, 0.717) is 11.1 Å². The van der Waals surface area contributed by atoms with Crippen LogP contribution in [-0.2, 0) is 20.7 Å². The Kier molecular flexibility index (Phi) is 9.17. The molecule has 7 nitrogen and oxygen atoms in total. The van der Waals surface area contributed by atoms with Crippen molar-refractivity contribution in [1.82, 2.24) is 10.6 Å². The van der Waals surface area contributed by atoms with Gasteiger partial charge in [-0.25, -0.2) is 4.79 Å². The fraction of sp³-hybridized carbons (Fsp3) is 0.192. The molecule has 0 fully saturated rings. The number of benzene rings is 3. The van der Waals surface area contributed by atoms with E-state index in [9.17, 15) is 19.5 Å². The van der Waals surface area contributed by atoms with E-state index >= 15 is 0 Å². The molecule has 0 aliphatic carbocycles. The lowest BCUT2D eigenvalue weighted by atomic mass is 9.99. The Balaban J connectivity index is 1.81. The molecule has 0 aliphatic heterocycles. The van der Waals surface area contributed by atoms with Crippen LogP contribution in [0.3, 0.4) is 0 Å². The monoisotopic (exact) mass is 572 g/mol. The first-order valence-electron chi connectivity index (χ1n) is 10.6. The zero-order chi connectivity index (χ0) is 24.5. The number of rotatable bonds is 9. The number of aliphatic hydroxyl groups excluding tert-OH is 1. The predicted octanol–water partition coefficient (Wildman–Crippen LogP) is 3.02. The summed E-state index contributed by atoms with van der Waals surface area (Å²) < 4.78 is 5.84. The minimum absolute atomic E-state index is 0.189. The predicted molar refractivity (Wildman–Crippen MR) is 136 cm³/mol. The van der Waals surface area contributed by atoms with Gasteiger partial charge >= 0.3 is 5.97 Å². The van der Waals surface area contributed by atoms with Gasteiger partial charge in [-0.1, -0.05) is 60.7 Å². The van der Waals surface area contributed by atoms with Gasteiger partial charge in [-0.3, -0.25) is 9.59 Å². The Morgan fingerprint density at radius 3 is 2.18 bits per heavy atom. The number of ether oxygens (including phenoxy) is 1. The summed E-state index contributed by atoms with van der Waals surface area (Å²) >= 11 is 2.16. The molecule has 0 bridgehead atoms. The zero-order valence-corrected chi connectivity index (χ0v) is 20.6. The first-order chi connectivity index (χ1) is 16.4. The molecule has 0 radical (unpaired) electrons. The Morgan fingerprint density at radius 2 is 1.56 bits per heavy atom. The zero-order valence-electron chi connectivity index (χ0n) is 18.5. The largest absolute Gasteiger partial charge is 0.467 e. The second-order valence-corrected chi connectivity index (χ2v) is 8.84. The van der Waals surface area contributed by atoms with E-state index in [0.717, 1.165) is 9.13 Å². The smallest absolute Gasteiger partial charge is 0.328 e. The highest BCUT2D eigenvalue weighted by molar-refractivity contribution is 14.1. The van der Waals surface area contributed by atoms with Crippen molar-refractivity contribution in [3.63, 3.8) is 0 Å². The standard InChI is InChI=1S/C26H25IN2O5/c1-34-26(33)21(16-17-9-8-14-20(27)15-17)28-25(32)23(30)22(18-10-4-2-5-11-18)29-24(31)19-12-6-3-7-13-19/h2-15,21-23,30H,16H2,1H3,(H,28,32)(H,29,31)/t21-,22+,23-/m1/s1. The van der Waals surface area contributed by atoms with Crippen LogP contribution in [-0.4, -0.2) is 42.1 Å². The topological polar surface area (TPSA) is 105 Å².